The molecule has 36 heavy (non-hydrogen) atoms. The van der Waals surface area contributed by atoms with Crippen LogP contribution in [0.15, 0.2) is 48.5 Å². The average Bonchev–Trinajstić information content (AvgIpc) is 3.34. The largest absolute Gasteiger partial charge is 0.497 e. The molecule has 2 amide bonds. The van der Waals surface area contributed by atoms with Gasteiger partial charge in [0.2, 0.25) is 21.8 Å². The van der Waals surface area contributed by atoms with Crippen LogP contribution in [0.2, 0.25) is 0 Å². The maximum Gasteiger partial charge on any atom is 0.244 e. The molecule has 3 rings (SSSR count). The summed E-state index contributed by atoms with van der Waals surface area (Å²) in [5, 5.41) is 3.06. The van der Waals surface area contributed by atoms with E-state index in [4.69, 9.17) is 4.74 Å². The zero-order chi connectivity index (χ0) is 26.3. The Labute approximate surface area is 212 Å². The molecule has 1 fully saturated rings. The summed E-state index contributed by atoms with van der Waals surface area (Å²) in [6.45, 7) is 1.32. The number of nitrogens with zero attached hydrogens (tertiary/aromatic N) is 2. The van der Waals surface area contributed by atoms with Gasteiger partial charge in [0.15, 0.2) is 0 Å². The minimum atomic E-state index is -3.92. The molecular weight excluding hydrogens is 485 g/mol. The number of anilines is 1. The first-order valence-corrected chi connectivity index (χ1v) is 13.9. The molecule has 0 aliphatic heterocycles. The number of rotatable bonds is 11. The van der Waals surface area contributed by atoms with Crippen molar-refractivity contribution >= 4 is 27.5 Å². The average molecular weight is 520 g/mol. The second-order valence-corrected chi connectivity index (χ2v) is 10.9. The standard InChI is InChI=1S/C26H34FN3O5S/c1-4-24(26(32)28-21-11-5-6-12-21)29(17-19-9-7-14-23(15-19)35-2)25(31)18-30(36(3,33)34)22-13-8-10-20(27)16-22/h7-10,13-16,21,24H,4-6,11-12,17-18H2,1-3H3,(H,28,32)/t24-/m1/s1. The molecule has 2 aromatic rings. The summed E-state index contributed by atoms with van der Waals surface area (Å²) in [6.07, 6.45) is 5.19. The molecule has 1 aliphatic rings. The molecule has 0 spiro atoms. The quantitative estimate of drug-likeness (QED) is 0.491. The van der Waals surface area contributed by atoms with Gasteiger partial charge in [-0.05, 0) is 55.2 Å². The van der Waals surface area contributed by atoms with Crippen molar-refractivity contribution < 1.29 is 27.1 Å². The van der Waals surface area contributed by atoms with Crippen LogP contribution in [0.5, 0.6) is 5.75 Å². The Kier molecular flexibility index (Phi) is 9.31. The number of halogens is 1. The lowest BCUT2D eigenvalue weighted by Gasteiger charge is -2.33. The number of carbonyl (C=O) groups excluding carboxylic acids is 2. The molecule has 0 bridgehead atoms. The fraction of sp³-hybridized carbons (Fsp3) is 0.462. The predicted octanol–water partition coefficient (Wildman–Crippen LogP) is 3.47. The van der Waals surface area contributed by atoms with E-state index in [0.29, 0.717) is 12.2 Å². The minimum absolute atomic E-state index is 0.0376. The summed E-state index contributed by atoms with van der Waals surface area (Å²) >= 11 is 0. The van der Waals surface area contributed by atoms with Gasteiger partial charge in [-0.1, -0.05) is 38.0 Å². The lowest BCUT2D eigenvalue weighted by atomic mass is 10.1. The first kappa shape index (κ1) is 27.4. The van der Waals surface area contributed by atoms with Crippen molar-refractivity contribution in [2.24, 2.45) is 0 Å². The summed E-state index contributed by atoms with van der Waals surface area (Å²) in [5.74, 6) is -0.858. The number of sulfonamides is 1. The van der Waals surface area contributed by atoms with Gasteiger partial charge >= 0.3 is 0 Å². The maximum absolute atomic E-state index is 13.9. The SMILES string of the molecule is CC[C@H](C(=O)NC1CCCC1)N(Cc1cccc(OC)c1)C(=O)CN(c1cccc(F)c1)S(C)(=O)=O. The van der Waals surface area contributed by atoms with Crippen LogP contribution < -0.4 is 14.4 Å². The highest BCUT2D eigenvalue weighted by Crippen LogP contribution is 2.23. The van der Waals surface area contributed by atoms with Crippen molar-refractivity contribution in [3.8, 4) is 5.75 Å². The number of nitrogens with one attached hydrogen (secondary N) is 1. The summed E-state index contributed by atoms with van der Waals surface area (Å²) in [4.78, 5) is 28.3. The topological polar surface area (TPSA) is 96.0 Å². The first-order chi connectivity index (χ1) is 17.1. The molecule has 0 radical (unpaired) electrons. The van der Waals surface area contributed by atoms with Crippen molar-refractivity contribution in [3.05, 3.63) is 59.9 Å². The number of benzene rings is 2. The predicted molar refractivity (Wildman–Crippen MR) is 137 cm³/mol. The van der Waals surface area contributed by atoms with Crippen LogP contribution in [0.1, 0.15) is 44.6 Å². The van der Waals surface area contributed by atoms with Crippen LogP contribution in [0.4, 0.5) is 10.1 Å². The second-order valence-electron chi connectivity index (χ2n) is 9.04. The van der Waals surface area contributed by atoms with Crippen LogP contribution in [0, 0.1) is 5.82 Å². The molecule has 1 N–H and O–H groups in total. The molecule has 0 unspecified atom stereocenters. The minimum Gasteiger partial charge on any atom is -0.497 e. The third kappa shape index (κ3) is 7.19. The summed E-state index contributed by atoms with van der Waals surface area (Å²) in [5.41, 5.74) is 0.766. The van der Waals surface area contributed by atoms with Gasteiger partial charge in [-0.15, -0.1) is 0 Å². The molecule has 0 saturated heterocycles. The van der Waals surface area contributed by atoms with Crippen molar-refractivity contribution in [2.45, 2.75) is 57.7 Å². The second kappa shape index (κ2) is 12.2. The van der Waals surface area contributed by atoms with Crippen molar-refractivity contribution in [2.75, 3.05) is 24.2 Å². The summed E-state index contributed by atoms with van der Waals surface area (Å²) in [7, 11) is -2.38. The zero-order valence-corrected chi connectivity index (χ0v) is 21.8. The fourth-order valence-corrected chi connectivity index (χ4v) is 5.34. The van der Waals surface area contributed by atoms with Gasteiger partial charge in [0, 0.05) is 12.6 Å². The van der Waals surface area contributed by atoms with Crippen LogP contribution in [-0.4, -0.2) is 57.1 Å². The van der Waals surface area contributed by atoms with Gasteiger partial charge in [0.1, 0.15) is 24.2 Å². The molecule has 2 aromatic carbocycles. The van der Waals surface area contributed by atoms with Gasteiger partial charge in [-0.2, -0.15) is 0 Å². The number of carbonyl (C=O) groups is 2. The third-order valence-electron chi connectivity index (χ3n) is 6.35. The lowest BCUT2D eigenvalue weighted by Crippen LogP contribution is -2.53. The summed E-state index contributed by atoms with van der Waals surface area (Å²) < 4.78 is 45.2. The third-order valence-corrected chi connectivity index (χ3v) is 7.49. The number of methoxy groups -OCH3 is 1. The molecule has 196 valence electrons. The Morgan fingerprint density at radius 1 is 1.14 bits per heavy atom. The molecule has 0 aromatic heterocycles. The summed E-state index contributed by atoms with van der Waals surface area (Å²) in [6, 6.07) is 11.5. The van der Waals surface area contributed by atoms with E-state index in [0.717, 1.165) is 47.9 Å². The van der Waals surface area contributed by atoms with Crippen LogP contribution in [0.25, 0.3) is 0 Å². The number of amides is 2. The highest BCUT2D eigenvalue weighted by atomic mass is 32.2. The molecule has 1 aliphatic carbocycles. The Hall–Kier alpha value is -3.14. The number of ether oxygens (including phenoxy) is 1. The number of hydrogen-bond acceptors (Lipinski definition) is 5. The molecular formula is C26H34FN3O5S. The monoisotopic (exact) mass is 519 g/mol. The smallest absolute Gasteiger partial charge is 0.244 e. The molecule has 8 nitrogen and oxygen atoms in total. The van der Waals surface area contributed by atoms with Crippen molar-refractivity contribution in [1.29, 1.82) is 0 Å². The molecule has 10 heteroatoms. The van der Waals surface area contributed by atoms with Gasteiger partial charge in [0.05, 0.1) is 19.1 Å². The Morgan fingerprint density at radius 2 is 1.83 bits per heavy atom. The van der Waals surface area contributed by atoms with E-state index in [1.54, 1.807) is 18.2 Å². The van der Waals surface area contributed by atoms with E-state index in [9.17, 15) is 22.4 Å². The number of hydrogen-bond donors (Lipinski definition) is 1. The van der Waals surface area contributed by atoms with Gasteiger partial charge in [-0.3, -0.25) is 13.9 Å². The Bertz CT molecular complexity index is 1170. The van der Waals surface area contributed by atoms with E-state index in [2.05, 4.69) is 5.32 Å². The van der Waals surface area contributed by atoms with Gasteiger partial charge in [0.25, 0.3) is 0 Å². The van der Waals surface area contributed by atoms with E-state index in [1.807, 2.05) is 13.0 Å². The van der Waals surface area contributed by atoms with E-state index in [-0.39, 0.29) is 24.2 Å². The lowest BCUT2D eigenvalue weighted by molar-refractivity contribution is -0.140. The fourth-order valence-electron chi connectivity index (χ4n) is 4.50. The van der Waals surface area contributed by atoms with Crippen LogP contribution in [0.3, 0.4) is 0 Å². The van der Waals surface area contributed by atoms with Crippen LogP contribution in [-0.2, 0) is 26.2 Å². The van der Waals surface area contributed by atoms with Gasteiger partial charge < -0.3 is 15.0 Å². The Balaban J connectivity index is 1.93. The van der Waals surface area contributed by atoms with Crippen LogP contribution >= 0.6 is 0 Å². The van der Waals surface area contributed by atoms with Crippen molar-refractivity contribution in [1.82, 2.24) is 10.2 Å². The normalized spacial score (nSPS) is 14.8. The highest BCUT2D eigenvalue weighted by Gasteiger charge is 2.33. The van der Waals surface area contributed by atoms with E-state index in [1.165, 1.54) is 30.2 Å². The molecule has 1 saturated carbocycles. The molecule has 1 atom stereocenters. The zero-order valence-electron chi connectivity index (χ0n) is 20.9. The van der Waals surface area contributed by atoms with Crippen molar-refractivity contribution in [3.63, 3.8) is 0 Å². The molecule has 0 heterocycles. The first-order valence-electron chi connectivity index (χ1n) is 12.1. The van der Waals surface area contributed by atoms with E-state index >= 15 is 0 Å². The Morgan fingerprint density at radius 3 is 2.44 bits per heavy atom. The van der Waals surface area contributed by atoms with Gasteiger partial charge in [-0.25, -0.2) is 12.8 Å². The van der Waals surface area contributed by atoms with E-state index < -0.39 is 34.3 Å². The maximum atomic E-state index is 13.9. The highest BCUT2D eigenvalue weighted by molar-refractivity contribution is 7.92.